The van der Waals surface area contributed by atoms with E-state index in [2.05, 4.69) is 55.7 Å². The molecule has 1 amide bonds. The van der Waals surface area contributed by atoms with Gasteiger partial charge < -0.3 is 18.9 Å². The topological polar surface area (TPSA) is 43.7 Å². The van der Waals surface area contributed by atoms with Gasteiger partial charge in [0.05, 0.1) is 13.2 Å². The number of piperidine rings is 1. The number of carbonyl (C=O) groups excluding carboxylic acids is 1. The van der Waals surface area contributed by atoms with Crippen molar-refractivity contribution in [1.82, 2.24) is 9.47 Å². The van der Waals surface area contributed by atoms with Crippen molar-refractivity contribution in [2.45, 2.75) is 39.4 Å². The van der Waals surface area contributed by atoms with E-state index < -0.39 is 5.79 Å². The molecule has 5 nitrogen and oxygen atoms in total. The van der Waals surface area contributed by atoms with Crippen LogP contribution in [0, 0.1) is 20.8 Å². The monoisotopic (exact) mass is 380 g/mol. The largest absolute Gasteiger partial charge is 0.347 e. The van der Waals surface area contributed by atoms with E-state index in [4.69, 9.17) is 9.47 Å². The Labute approximate surface area is 166 Å². The highest BCUT2D eigenvalue weighted by Gasteiger charge is 2.40. The Morgan fingerprint density at radius 1 is 1.04 bits per heavy atom. The summed E-state index contributed by atoms with van der Waals surface area (Å²) >= 11 is 0. The van der Waals surface area contributed by atoms with Crippen molar-refractivity contribution in [3.8, 4) is 5.69 Å². The first kappa shape index (κ1) is 19.0. The second-order valence-electron chi connectivity index (χ2n) is 7.76. The van der Waals surface area contributed by atoms with E-state index in [9.17, 15) is 4.79 Å². The highest BCUT2D eigenvalue weighted by atomic mass is 16.7. The number of hydrogen-bond donors (Lipinski definition) is 0. The molecule has 148 valence electrons. The molecule has 1 aromatic carbocycles. The standard InChI is InChI=1S/C23H28N2O3/c1-17-4-7-21(8-5-17)25-18(2)16-20(19(25)3)6-9-22(26)24-12-10-23(11-13-24)27-14-15-28-23/h4-9,16H,10-15H2,1-3H3/b9-6-. The molecule has 0 radical (unpaired) electrons. The van der Waals surface area contributed by atoms with Gasteiger partial charge in [-0.2, -0.15) is 0 Å². The quantitative estimate of drug-likeness (QED) is 0.761. The van der Waals surface area contributed by atoms with Gasteiger partial charge in [-0.15, -0.1) is 0 Å². The smallest absolute Gasteiger partial charge is 0.246 e. The summed E-state index contributed by atoms with van der Waals surface area (Å²) in [6.45, 7) is 8.94. The fourth-order valence-electron chi connectivity index (χ4n) is 4.17. The molecule has 2 aromatic rings. The van der Waals surface area contributed by atoms with Crippen molar-refractivity contribution in [1.29, 1.82) is 0 Å². The van der Waals surface area contributed by atoms with Crippen LogP contribution in [0.4, 0.5) is 0 Å². The van der Waals surface area contributed by atoms with Crippen molar-refractivity contribution in [3.05, 3.63) is 58.9 Å². The number of aromatic nitrogens is 1. The van der Waals surface area contributed by atoms with Gasteiger partial charge in [-0.25, -0.2) is 0 Å². The Balaban J connectivity index is 1.45. The molecular formula is C23H28N2O3. The van der Waals surface area contributed by atoms with Crippen LogP contribution >= 0.6 is 0 Å². The predicted octanol–water partition coefficient (Wildman–Crippen LogP) is 3.78. The van der Waals surface area contributed by atoms with Gasteiger partial charge in [-0.3, -0.25) is 4.79 Å². The number of carbonyl (C=O) groups is 1. The van der Waals surface area contributed by atoms with Crippen molar-refractivity contribution in [2.75, 3.05) is 26.3 Å². The molecule has 5 heteroatoms. The molecule has 4 rings (SSSR count). The summed E-state index contributed by atoms with van der Waals surface area (Å²) in [6, 6.07) is 10.6. The Bertz CT molecular complexity index is 879. The van der Waals surface area contributed by atoms with E-state index in [-0.39, 0.29) is 5.91 Å². The van der Waals surface area contributed by atoms with Crippen LogP contribution < -0.4 is 0 Å². The van der Waals surface area contributed by atoms with Crippen LogP contribution in [0.3, 0.4) is 0 Å². The maximum Gasteiger partial charge on any atom is 0.246 e. The Morgan fingerprint density at radius 2 is 1.68 bits per heavy atom. The lowest BCUT2D eigenvalue weighted by atomic mass is 10.0. The second-order valence-corrected chi connectivity index (χ2v) is 7.76. The molecular weight excluding hydrogens is 352 g/mol. The molecule has 2 fully saturated rings. The highest BCUT2D eigenvalue weighted by molar-refractivity contribution is 5.92. The van der Waals surface area contributed by atoms with Crippen LogP contribution in [-0.4, -0.2) is 47.5 Å². The van der Waals surface area contributed by atoms with E-state index in [1.165, 1.54) is 5.56 Å². The third-order valence-corrected chi connectivity index (χ3v) is 5.82. The van der Waals surface area contributed by atoms with Gasteiger partial charge in [-0.05, 0) is 50.6 Å². The highest BCUT2D eigenvalue weighted by Crippen LogP contribution is 2.31. The van der Waals surface area contributed by atoms with Crippen LogP contribution in [-0.2, 0) is 14.3 Å². The third-order valence-electron chi connectivity index (χ3n) is 5.82. The number of benzene rings is 1. The number of likely N-dealkylation sites (tertiary alicyclic amines) is 1. The van der Waals surface area contributed by atoms with Gasteiger partial charge in [0.1, 0.15) is 0 Å². The summed E-state index contributed by atoms with van der Waals surface area (Å²) < 4.78 is 13.7. The molecule has 0 unspecified atom stereocenters. The number of nitrogens with zero attached hydrogens (tertiary/aromatic N) is 2. The Morgan fingerprint density at radius 3 is 2.32 bits per heavy atom. The van der Waals surface area contributed by atoms with Gasteiger partial charge in [0.25, 0.3) is 0 Å². The number of rotatable bonds is 3. The predicted molar refractivity (Wildman–Crippen MR) is 109 cm³/mol. The fraction of sp³-hybridized carbons (Fsp3) is 0.435. The zero-order valence-corrected chi connectivity index (χ0v) is 16.9. The zero-order valence-electron chi connectivity index (χ0n) is 16.9. The minimum atomic E-state index is -0.445. The second kappa shape index (κ2) is 7.57. The SMILES string of the molecule is Cc1ccc(-n2c(C)cc(/C=C\C(=O)N3CCC4(CC3)OCCO4)c2C)cc1. The first-order chi connectivity index (χ1) is 13.5. The lowest BCUT2D eigenvalue weighted by molar-refractivity contribution is -0.186. The minimum absolute atomic E-state index is 0.0491. The third kappa shape index (κ3) is 3.64. The molecule has 2 saturated heterocycles. The van der Waals surface area contributed by atoms with E-state index in [0.717, 1.165) is 35.5 Å². The van der Waals surface area contributed by atoms with E-state index in [1.54, 1.807) is 6.08 Å². The molecule has 0 atom stereocenters. The first-order valence-corrected chi connectivity index (χ1v) is 9.98. The minimum Gasteiger partial charge on any atom is -0.347 e. The van der Waals surface area contributed by atoms with Crippen LogP contribution in [0.5, 0.6) is 0 Å². The molecule has 3 heterocycles. The Hall–Kier alpha value is -2.37. The summed E-state index contributed by atoms with van der Waals surface area (Å²) in [6.07, 6.45) is 5.11. The maximum absolute atomic E-state index is 12.6. The molecule has 2 aliphatic rings. The van der Waals surface area contributed by atoms with Gasteiger partial charge in [0.15, 0.2) is 5.79 Å². The lowest BCUT2D eigenvalue weighted by Gasteiger charge is -2.37. The van der Waals surface area contributed by atoms with Gasteiger partial charge in [0.2, 0.25) is 5.91 Å². The van der Waals surface area contributed by atoms with Gasteiger partial charge in [-0.1, -0.05) is 17.7 Å². The molecule has 2 aliphatic heterocycles. The summed E-state index contributed by atoms with van der Waals surface area (Å²) in [7, 11) is 0. The maximum atomic E-state index is 12.6. The normalized spacial score (nSPS) is 19.0. The molecule has 0 N–H and O–H groups in total. The molecule has 0 aliphatic carbocycles. The number of hydrogen-bond acceptors (Lipinski definition) is 3. The fourth-order valence-corrected chi connectivity index (χ4v) is 4.17. The van der Waals surface area contributed by atoms with Crippen molar-refractivity contribution in [2.24, 2.45) is 0 Å². The number of ether oxygens (including phenoxy) is 2. The lowest BCUT2D eigenvalue weighted by Crippen LogP contribution is -2.46. The first-order valence-electron chi connectivity index (χ1n) is 9.98. The van der Waals surface area contributed by atoms with Gasteiger partial charge >= 0.3 is 0 Å². The van der Waals surface area contributed by atoms with Crippen LogP contribution in [0.15, 0.2) is 36.4 Å². The molecule has 1 spiro atoms. The van der Waals surface area contributed by atoms with Gasteiger partial charge in [0, 0.05) is 49.1 Å². The Kier molecular flexibility index (Phi) is 5.13. The van der Waals surface area contributed by atoms with Crippen LogP contribution in [0.25, 0.3) is 11.8 Å². The number of amides is 1. The van der Waals surface area contributed by atoms with E-state index in [1.807, 2.05) is 11.0 Å². The average molecular weight is 380 g/mol. The van der Waals surface area contributed by atoms with Crippen LogP contribution in [0.1, 0.15) is 35.4 Å². The summed E-state index contributed by atoms with van der Waals surface area (Å²) in [4.78, 5) is 14.5. The van der Waals surface area contributed by atoms with E-state index in [0.29, 0.717) is 26.3 Å². The van der Waals surface area contributed by atoms with Crippen molar-refractivity contribution >= 4 is 12.0 Å². The summed E-state index contributed by atoms with van der Waals surface area (Å²) in [5.41, 5.74) is 5.75. The van der Waals surface area contributed by atoms with Crippen molar-refractivity contribution in [3.63, 3.8) is 0 Å². The number of aryl methyl sites for hydroxylation is 2. The van der Waals surface area contributed by atoms with Crippen molar-refractivity contribution < 1.29 is 14.3 Å². The molecule has 28 heavy (non-hydrogen) atoms. The summed E-state index contributed by atoms with van der Waals surface area (Å²) in [5.74, 6) is -0.396. The molecule has 0 bridgehead atoms. The molecule has 0 saturated carbocycles. The van der Waals surface area contributed by atoms with E-state index >= 15 is 0 Å². The average Bonchev–Trinajstić information content (AvgIpc) is 3.25. The van der Waals surface area contributed by atoms with Crippen LogP contribution in [0.2, 0.25) is 0 Å². The molecule has 1 aromatic heterocycles. The summed E-state index contributed by atoms with van der Waals surface area (Å²) in [5, 5.41) is 0. The zero-order chi connectivity index (χ0) is 19.7.